The molecule has 1 fully saturated rings. The number of hydrogen-bond acceptors (Lipinski definition) is 0. The molecule has 0 atom stereocenters. The molecule has 1 aromatic rings. The minimum Gasteiger partial charge on any atom is -0.0789 e. The summed E-state index contributed by atoms with van der Waals surface area (Å²) in [7, 11) is 0. The highest BCUT2D eigenvalue weighted by Crippen LogP contribution is 2.49. The monoisotopic (exact) mass is 440 g/mol. The van der Waals surface area contributed by atoms with Crippen molar-refractivity contribution in [2.45, 2.75) is 103 Å². The van der Waals surface area contributed by atoms with Gasteiger partial charge in [-0.25, -0.2) is 0 Å². The van der Waals surface area contributed by atoms with E-state index < -0.39 is 0 Å². The van der Waals surface area contributed by atoms with Crippen LogP contribution in [0.4, 0.5) is 0 Å². The summed E-state index contributed by atoms with van der Waals surface area (Å²) in [5, 5.41) is 0. The van der Waals surface area contributed by atoms with Crippen molar-refractivity contribution in [1.82, 2.24) is 0 Å². The molecule has 24 heavy (non-hydrogen) atoms. The number of aryl methyl sites for hydroxylation is 2. The maximum absolute atomic E-state index is 2.69. The van der Waals surface area contributed by atoms with E-state index in [1.807, 2.05) is 0 Å². The first-order valence-electron chi connectivity index (χ1n) is 9.95. The Morgan fingerprint density at radius 1 is 1.04 bits per heavy atom. The van der Waals surface area contributed by atoms with Crippen molar-refractivity contribution in [3.05, 3.63) is 33.9 Å². The molecule has 0 nitrogen and oxygen atoms in total. The Labute approximate surface area is 164 Å². The Hall–Kier alpha value is -0.0500. The summed E-state index contributed by atoms with van der Waals surface area (Å²) >= 11 is 2.69. The lowest BCUT2D eigenvalue weighted by Crippen LogP contribution is -2.10. The van der Waals surface area contributed by atoms with Crippen LogP contribution < -0.4 is 0 Å². The van der Waals surface area contributed by atoms with E-state index in [2.05, 4.69) is 70.2 Å². The molecule has 0 aromatic heterocycles. The second kappa shape index (κ2) is 8.10. The third kappa shape index (κ3) is 5.47. The summed E-state index contributed by atoms with van der Waals surface area (Å²) in [4.78, 5) is 0. The van der Waals surface area contributed by atoms with Crippen LogP contribution in [0.2, 0.25) is 0 Å². The number of halogens is 1. The van der Waals surface area contributed by atoms with Gasteiger partial charge >= 0.3 is 0 Å². The van der Waals surface area contributed by atoms with Crippen molar-refractivity contribution in [1.29, 1.82) is 0 Å². The van der Waals surface area contributed by atoms with Crippen LogP contribution in [-0.2, 0) is 12.8 Å². The van der Waals surface area contributed by atoms with E-state index in [4.69, 9.17) is 0 Å². The molecule has 1 aliphatic carbocycles. The van der Waals surface area contributed by atoms with Crippen molar-refractivity contribution in [2.24, 2.45) is 5.41 Å². The van der Waals surface area contributed by atoms with Gasteiger partial charge in [0.25, 0.3) is 0 Å². The molecule has 0 aliphatic heterocycles. The lowest BCUT2D eigenvalue weighted by molar-refractivity contribution is 0.313. The Bertz CT molecular complexity index is 564. The van der Waals surface area contributed by atoms with Gasteiger partial charge in [-0.1, -0.05) is 55.8 Å². The van der Waals surface area contributed by atoms with E-state index in [0.717, 1.165) is 0 Å². The lowest BCUT2D eigenvalue weighted by atomic mass is 9.83. The lowest BCUT2D eigenvalue weighted by Gasteiger charge is -2.23. The van der Waals surface area contributed by atoms with Crippen LogP contribution in [0.15, 0.2) is 6.07 Å². The summed E-state index contributed by atoms with van der Waals surface area (Å²) in [6.07, 6.45) is 12.1. The molecule has 0 amide bonds. The topological polar surface area (TPSA) is 0 Å². The average Bonchev–Trinajstić information content (AvgIpc) is 3.25. The largest absolute Gasteiger partial charge is 0.0789 e. The molecular weight excluding hydrogens is 403 g/mol. The Balaban J connectivity index is 2.03. The zero-order chi connectivity index (χ0) is 18.0. The van der Waals surface area contributed by atoms with Crippen LogP contribution in [-0.4, -0.2) is 3.42 Å². The molecular formula is C23H37I. The van der Waals surface area contributed by atoms with E-state index in [-0.39, 0.29) is 0 Å². The summed E-state index contributed by atoms with van der Waals surface area (Å²) in [6.45, 7) is 14.1. The summed E-state index contributed by atoms with van der Waals surface area (Å²) in [5.41, 5.74) is 8.39. The SMILES string of the molecule is CCC(C)(C)CCCc1cc(C)c(C)c(CCCC2(I)CC2)c1C. The zero-order valence-electron chi connectivity index (χ0n) is 16.8. The van der Waals surface area contributed by atoms with Gasteiger partial charge in [0.05, 0.1) is 0 Å². The van der Waals surface area contributed by atoms with Gasteiger partial charge in [-0.15, -0.1) is 0 Å². The quantitative estimate of drug-likeness (QED) is 0.273. The number of benzene rings is 1. The molecule has 0 spiro atoms. The summed E-state index contributed by atoms with van der Waals surface area (Å²) < 4.78 is 0.665. The number of hydrogen-bond donors (Lipinski definition) is 0. The second-order valence-electron chi connectivity index (χ2n) is 8.96. The predicted octanol–water partition coefficient (Wildman–Crippen LogP) is 7.66. The smallest absolute Gasteiger partial charge is 0.0223 e. The maximum Gasteiger partial charge on any atom is 0.0223 e. The van der Waals surface area contributed by atoms with E-state index in [9.17, 15) is 0 Å². The van der Waals surface area contributed by atoms with Gasteiger partial charge in [-0.3, -0.25) is 0 Å². The molecule has 0 radical (unpaired) electrons. The fraction of sp³-hybridized carbons (Fsp3) is 0.739. The zero-order valence-corrected chi connectivity index (χ0v) is 19.0. The number of alkyl halides is 1. The van der Waals surface area contributed by atoms with Gasteiger partial charge in [0.1, 0.15) is 0 Å². The molecule has 1 saturated carbocycles. The predicted molar refractivity (Wildman–Crippen MR) is 117 cm³/mol. The van der Waals surface area contributed by atoms with Crippen molar-refractivity contribution in [3.8, 4) is 0 Å². The van der Waals surface area contributed by atoms with Gasteiger partial charge in [-0.05, 0) is 105 Å². The van der Waals surface area contributed by atoms with Gasteiger partial charge in [-0.2, -0.15) is 0 Å². The van der Waals surface area contributed by atoms with Crippen LogP contribution in [0.25, 0.3) is 0 Å². The highest BCUT2D eigenvalue weighted by molar-refractivity contribution is 14.1. The summed E-state index contributed by atoms with van der Waals surface area (Å²) in [6, 6.07) is 2.47. The first kappa shape index (κ1) is 20.3. The fourth-order valence-corrected chi connectivity index (χ4v) is 4.38. The molecule has 0 bridgehead atoms. The highest BCUT2D eigenvalue weighted by Gasteiger charge is 2.38. The molecule has 2 rings (SSSR count). The Kier molecular flexibility index (Phi) is 6.84. The van der Waals surface area contributed by atoms with E-state index in [0.29, 0.717) is 8.84 Å². The van der Waals surface area contributed by atoms with E-state index >= 15 is 0 Å². The van der Waals surface area contributed by atoms with Crippen molar-refractivity contribution >= 4 is 22.6 Å². The average molecular weight is 440 g/mol. The van der Waals surface area contributed by atoms with Crippen molar-refractivity contribution in [3.63, 3.8) is 0 Å². The third-order valence-electron chi connectivity index (χ3n) is 6.47. The normalized spacial score (nSPS) is 16.5. The third-order valence-corrected chi connectivity index (χ3v) is 8.09. The van der Waals surface area contributed by atoms with Gasteiger partial charge in [0.2, 0.25) is 0 Å². The summed E-state index contributed by atoms with van der Waals surface area (Å²) in [5.74, 6) is 0. The first-order chi connectivity index (χ1) is 11.2. The van der Waals surface area contributed by atoms with E-state index in [1.165, 1.54) is 63.4 Å². The van der Waals surface area contributed by atoms with Crippen molar-refractivity contribution in [2.75, 3.05) is 0 Å². The fourth-order valence-electron chi connectivity index (χ4n) is 3.73. The standard InChI is InChI=1S/C23H37I/c1-7-22(5,6)12-8-10-20-16-17(2)18(3)21(19(20)4)11-9-13-23(24)14-15-23/h16H,7-15H2,1-6H3. The number of rotatable bonds is 9. The molecule has 1 heteroatoms. The first-order valence-corrected chi connectivity index (χ1v) is 11.0. The molecule has 0 N–H and O–H groups in total. The van der Waals surface area contributed by atoms with Crippen LogP contribution in [0.5, 0.6) is 0 Å². The molecule has 0 unspecified atom stereocenters. The Morgan fingerprint density at radius 3 is 2.29 bits per heavy atom. The van der Waals surface area contributed by atoms with Crippen LogP contribution in [0, 0.1) is 26.2 Å². The van der Waals surface area contributed by atoms with Crippen molar-refractivity contribution < 1.29 is 0 Å². The van der Waals surface area contributed by atoms with Crippen LogP contribution >= 0.6 is 22.6 Å². The van der Waals surface area contributed by atoms with E-state index in [1.54, 1.807) is 22.3 Å². The Morgan fingerprint density at radius 2 is 1.71 bits per heavy atom. The van der Waals surface area contributed by atoms with Gasteiger partial charge in [0, 0.05) is 3.42 Å². The van der Waals surface area contributed by atoms with Crippen LogP contribution in [0.1, 0.15) is 93.5 Å². The second-order valence-corrected chi connectivity index (χ2v) is 11.2. The molecule has 1 aromatic carbocycles. The van der Waals surface area contributed by atoms with Gasteiger partial charge < -0.3 is 0 Å². The molecule has 0 heterocycles. The van der Waals surface area contributed by atoms with Gasteiger partial charge in [0.15, 0.2) is 0 Å². The minimum absolute atomic E-state index is 0.495. The minimum atomic E-state index is 0.495. The maximum atomic E-state index is 2.69. The molecule has 1 aliphatic rings. The molecule has 136 valence electrons. The molecule has 0 saturated heterocycles. The highest BCUT2D eigenvalue weighted by atomic mass is 127. The van der Waals surface area contributed by atoms with Crippen LogP contribution in [0.3, 0.4) is 0 Å².